The van der Waals surface area contributed by atoms with Crippen LogP contribution in [0.15, 0.2) is 30.3 Å². The zero-order valence-electron chi connectivity index (χ0n) is 17.3. The molecule has 0 spiro atoms. The molecule has 2 unspecified atom stereocenters. The maximum atomic E-state index is 13.0. The van der Waals surface area contributed by atoms with Crippen LogP contribution in [0.2, 0.25) is 0 Å². The summed E-state index contributed by atoms with van der Waals surface area (Å²) in [5.41, 5.74) is 6.69. The highest BCUT2D eigenvalue weighted by molar-refractivity contribution is 7.43. The molecule has 1 aromatic carbocycles. The molecule has 1 aromatic rings. The molecular weight excluding hydrogens is 405 g/mol. The Morgan fingerprint density at radius 2 is 1.93 bits per heavy atom. The number of aliphatic hydroxyl groups is 1. The fourth-order valence-corrected chi connectivity index (χ4v) is 5.05. The Hall–Kier alpha value is -1.73. The van der Waals surface area contributed by atoms with Gasteiger partial charge in [0, 0.05) is 6.54 Å². The maximum Gasteiger partial charge on any atom is 0.326 e. The predicted molar refractivity (Wildman–Crippen MR) is 117 cm³/mol. The highest BCUT2D eigenvalue weighted by atomic mass is 31.1. The number of carbonyl (C=O) groups excluding carboxylic acids is 1. The van der Waals surface area contributed by atoms with Gasteiger partial charge in [-0.25, -0.2) is 4.79 Å². The summed E-state index contributed by atoms with van der Waals surface area (Å²) in [4.78, 5) is 25.8. The lowest BCUT2D eigenvalue weighted by molar-refractivity contribution is -0.148. The van der Waals surface area contributed by atoms with Crippen molar-refractivity contribution >= 4 is 19.8 Å². The van der Waals surface area contributed by atoms with Crippen LogP contribution in [0.3, 0.4) is 0 Å². The van der Waals surface area contributed by atoms with Crippen molar-refractivity contribution in [2.45, 2.75) is 69.3 Å². The molecule has 0 bridgehead atoms. The van der Waals surface area contributed by atoms with Gasteiger partial charge in [-0.15, -0.1) is 0 Å². The molecule has 2 rings (SSSR count). The minimum Gasteiger partial charge on any atom is -0.480 e. The lowest BCUT2D eigenvalue weighted by atomic mass is 10.1. The molecule has 1 aliphatic heterocycles. The van der Waals surface area contributed by atoms with Gasteiger partial charge in [-0.2, -0.15) is 0 Å². The standard InChI is InChI=1S/C21H34N3O5P/c22-14-5-4-11-17(20(26)24-15-7-12-18(24)21(27)28)23-30(29)19(25)13-6-10-16-8-2-1-3-9-16/h1-3,8-9,17-19,25,30H,4-7,10-15,22H2,(H,23,29)(H,27,28)/t17-,18-,19?/m0/s1. The summed E-state index contributed by atoms with van der Waals surface area (Å²) in [6.07, 6.45) is 4.67. The number of carbonyl (C=O) groups is 2. The molecule has 168 valence electrons. The van der Waals surface area contributed by atoms with Crippen molar-refractivity contribution < 1.29 is 24.4 Å². The monoisotopic (exact) mass is 439 g/mol. The molecule has 1 amide bonds. The van der Waals surface area contributed by atoms with Crippen molar-refractivity contribution in [3.05, 3.63) is 35.9 Å². The first-order chi connectivity index (χ1) is 14.4. The Morgan fingerprint density at radius 1 is 1.20 bits per heavy atom. The first-order valence-corrected chi connectivity index (χ1v) is 12.2. The van der Waals surface area contributed by atoms with Crippen molar-refractivity contribution in [3.63, 3.8) is 0 Å². The molecule has 1 fully saturated rings. The number of carboxylic acids is 1. The molecule has 1 aliphatic rings. The summed E-state index contributed by atoms with van der Waals surface area (Å²) in [5.74, 6) is -2.40. The van der Waals surface area contributed by atoms with Gasteiger partial charge in [0.25, 0.3) is 0 Å². The zero-order valence-corrected chi connectivity index (χ0v) is 18.3. The van der Waals surface area contributed by atoms with E-state index in [2.05, 4.69) is 5.09 Å². The maximum absolute atomic E-state index is 13.0. The largest absolute Gasteiger partial charge is 0.480 e. The minimum absolute atomic E-state index is 0.355. The lowest BCUT2D eigenvalue weighted by Gasteiger charge is -2.28. The van der Waals surface area contributed by atoms with Gasteiger partial charge in [0.1, 0.15) is 11.9 Å². The van der Waals surface area contributed by atoms with Gasteiger partial charge in [-0.1, -0.05) is 36.8 Å². The van der Waals surface area contributed by atoms with Crippen LogP contribution in [0.4, 0.5) is 0 Å². The molecule has 8 nitrogen and oxygen atoms in total. The van der Waals surface area contributed by atoms with E-state index >= 15 is 0 Å². The summed E-state index contributed by atoms with van der Waals surface area (Å²) >= 11 is 0. The Kier molecular flexibility index (Phi) is 10.5. The van der Waals surface area contributed by atoms with E-state index in [0.29, 0.717) is 58.0 Å². The number of amides is 1. The van der Waals surface area contributed by atoms with Crippen molar-refractivity contribution in [2.75, 3.05) is 13.1 Å². The molecule has 1 heterocycles. The highest BCUT2D eigenvalue weighted by Crippen LogP contribution is 2.29. The number of benzene rings is 1. The Balaban J connectivity index is 1.92. The van der Waals surface area contributed by atoms with Crippen molar-refractivity contribution in [1.82, 2.24) is 9.99 Å². The summed E-state index contributed by atoms with van der Waals surface area (Å²) in [7, 11) is -2.64. The normalized spacial score (nSPS) is 19.4. The van der Waals surface area contributed by atoms with E-state index < -0.39 is 31.8 Å². The molecule has 0 saturated carbocycles. The molecule has 0 aromatic heterocycles. The summed E-state index contributed by atoms with van der Waals surface area (Å²) in [6, 6.07) is 8.26. The van der Waals surface area contributed by atoms with Crippen LogP contribution >= 0.6 is 7.95 Å². The molecule has 0 radical (unpaired) electrons. The molecule has 9 heteroatoms. The fraction of sp³-hybridized carbons (Fsp3) is 0.619. The van der Waals surface area contributed by atoms with Gasteiger partial charge >= 0.3 is 5.97 Å². The third-order valence-electron chi connectivity index (χ3n) is 5.47. The van der Waals surface area contributed by atoms with Crippen molar-refractivity contribution in [1.29, 1.82) is 0 Å². The SMILES string of the molecule is NCCCC[C@H](N[PH](=O)C(O)CCCc1ccccc1)C(=O)N1CCC[C@H]1C(=O)O. The molecule has 5 N–H and O–H groups in total. The summed E-state index contributed by atoms with van der Waals surface area (Å²) < 4.78 is 12.7. The Bertz CT molecular complexity index is 703. The van der Waals surface area contributed by atoms with Gasteiger partial charge in [0.15, 0.2) is 7.95 Å². The van der Waals surface area contributed by atoms with Gasteiger partial charge in [0.05, 0.1) is 6.04 Å². The number of carboxylic acid groups (broad SMARTS) is 1. The van der Waals surface area contributed by atoms with Crippen molar-refractivity contribution in [3.8, 4) is 0 Å². The van der Waals surface area contributed by atoms with Crippen LogP contribution in [0.1, 0.15) is 50.5 Å². The topological polar surface area (TPSA) is 133 Å². The number of aryl methyl sites for hydroxylation is 1. The number of aliphatic hydroxyl groups excluding tert-OH is 1. The number of rotatable bonds is 13. The third-order valence-corrected chi connectivity index (χ3v) is 7.00. The molecule has 4 atom stereocenters. The average molecular weight is 439 g/mol. The van der Waals surface area contributed by atoms with E-state index in [0.717, 1.165) is 12.0 Å². The van der Waals surface area contributed by atoms with Crippen LogP contribution in [0.5, 0.6) is 0 Å². The second-order valence-electron chi connectivity index (χ2n) is 7.77. The number of nitrogens with one attached hydrogen (secondary N) is 1. The number of likely N-dealkylation sites (tertiary alicyclic amines) is 1. The molecule has 1 saturated heterocycles. The van der Waals surface area contributed by atoms with Crippen LogP contribution in [0, 0.1) is 0 Å². The van der Waals surface area contributed by atoms with E-state index in [1.807, 2.05) is 30.3 Å². The third kappa shape index (κ3) is 7.51. The first-order valence-electron chi connectivity index (χ1n) is 10.7. The van der Waals surface area contributed by atoms with E-state index in [1.165, 1.54) is 4.90 Å². The summed E-state index contributed by atoms with van der Waals surface area (Å²) in [6.45, 7) is 0.866. The minimum atomic E-state index is -2.64. The number of hydrogen-bond donors (Lipinski definition) is 4. The van der Waals surface area contributed by atoms with E-state index in [1.54, 1.807) is 0 Å². The van der Waals surface area contributed by atoms with Crippen LogP contribution < -0.4 is 10.8 Å². The number of hydrogen-bond acceptors (Lipinski definition) is 5. The van der Waals surface area contributed by atoms with Gasteiger partial charge in [-0.05, 0) is 57.1 Å². The van der Waals surface area contributed by atoms with E-state index in [-0.39, 0.29) is 5.91 Å². The fourth-order valence-electron chi connectivity index (χ4n) is 3.78. The first kappa shape index (κ1) is 24.5. The summed E-state index contributed by atoms with van der Waals surface area (Å²) in [5, 5.41) is 22.5. The second kappa shape index (κ2) is 12.8. The number of unbranched alkanes of at least 4 members (excludes halogenated alkanes) is 1. The molecule has 0 aliphatic carbocycles. The van der Waals surface area contributed by atoms with Crippen LogP contribution in [0.25, 0.3) is 0 Å². The van der Waals surface area contributed by atoms with E-state index in [4.69, 9.17) is 5.73 Å². The molecule has 30 heavy (non-hydrogen) atoms. The predicted octanol–water partition coefficient (Wildman–Crippen LogP) is 1.97. The second-order valence-corrected chi connectivity index (χ2v) is 9.45. The highest BCUT2D eigenvalue weighted by Gasteiger charge is 2.37. The van der Waals surface area contributed by atoms with E-state index in [9.17, 15) is 24.4 Å². The molecular formula is C21H34N3O5P. The Morgan fingerprint density at radius 3 is 2.60 bits per heavy atom. The zero-order chi connectivity index (χ0) is 21.9. The Labute approximate surface area is 178 Å². The lowest BCUT2D eigenvalue weighted by Crippen LogP contribution is -2.49. The quantitative estimate of drug-likeness (QED) is 0.273. The van der Waals surface area contributed by atoms with Crippen molar-refractivity contribution in [2.24, 2.45) is 5.73 Å². The average Bonchev–Trinajstić information content (AvgIpc) is 3.23. The van der Waals surface area contributed by atoms with Gasteiger partial charge in [0.2, 0.25) is 5.91 Å². The van der Waals surface area contributed by atoms with Gasteiger partial charge in [-0.3, -0.25) is 9.88 Å². The van der Waals surface area contributed by atoms with Gasteiger partial charge < -0.3 is 25.4 Å². The number of nitrogens with two attached hydrogens (primary N) is 1. The van der Waals surface area contributed by atoms with Crippen LogP contribution in [-0.4, -0.2) is 58.0 Å². The van der Waals surface area contributed by atoms with Crippen LogP contribution in [-0.2, 0) is 20.6 Å². The number of nitrogens with zero attached hydrogens (tertiary/aromatic N) is 1. The smallest absolute Gasteiger partial charge is 0.326 e. The number of aliphatic carboxylic acids is 1.